The third-order valence-electron chi connectivity index (χ3n) is 6.85. The number of aliphatic hydroxyl groups excluding tert-OH is 1. The van der Waals surface area contributed by atoms with Crippen LogP contribution in [0.15, 0.2) is 42.5 Å². The molecule has 0 heterocycles. The lowest BCUT2D eigenvalue weighted by Crippen LogP contribution is -2.22. The molecule has 2 aliphatic rings. The topological polar surface area (TPSA) is 70.0 Å². The van der Waals surface area contributed by atoms with Crippen molar-refractivity contribution in [3.05, 3.63) is 87.5 Å². The predicted molar refractivity (Wildman–Crippen MR) is 116 cm³/mol. The van der Waals surface area contributed by atoms with Crippen molar-refractivity contribution in [2.75, 3.05) is 5.73 Å². The first kappa shape index (κ1) is 22.4. The number of nitriles is 1. The lowest BCUT2D eigenvalue weighted by Gasteiger charge is -2.31. The van der Waals surface area contributed by atoms with Gasteiger partial charge in [0.15, 0.2) is 0 Å². The zero-order valence-electron chi connectivity index (χ0n) is 17.8. The number of aliphatic hydroxyl groups is 1. The van der Waals surface area contributed by atoms with Crippen molar-refractivity contribution in [3.8, 4) is 17.2 Å². The highest BCUT2D eigenvalue weighted by molar-refractivity contribution is 5.81. The summed E-state index contributed by atoms with van der Waals surface area (Å²) in [5, 5.41) is 20.2. The van der Waals surface area contributed by atoms with Crippen LogP contribution in [0.1, 0.15) is 64.4 Å². The molecule has 34 heavy (non-hydrogen) atoms. The van der Waals surface area contributed by atoms with Gasteiger partial charge in [-0.25, -0.2) is 22.0 Å². The third-order valence-corrected chi connectivity index (χ3v) is 6.85. The van der Waals surface area contributed by atoms with Crippen molar-refractivity contribution in [1.29, 1.82) is 5.26 Å². The van der Waals surface area contributed by atoms with Crippen molar-refractivity contribution in [1.82, 2.24) is 0 Å². The summed E-state index contributed by atoms with van der Waals surface area (Å²) in [5.74, 6) is -5.43. The standard InChI is InChI=1S/C26H19F5N2O/c27-13-1-2-16(22(33)9-13)18-4-3-15(20-10-26(30,31)25(34)24(18)20)17-5-6-21(29)19-8-14(28)7-12(11-32)23(17)19/h1-4,7-9,17,21,25,34H,5-6,10,33H2/t17-,21+,25+/m1/s1. The summed E-state index contributed by atoms with van der Waals surface area (Å²) in [6.45, 7) is 0. The minimum absolute atomic E-state index is 0.0228. The summed E-state index contributed by atoms with van der Waals surface area (Å²) in [4.78, 5) is 0. The number of fused-ring (bicyclic) bond motifs is 2. The number of nitrogens with zero attached hydrogens (tertiary/aromatic N) is 1. The van der Waals surface area contributed by atoms with Gasteiger partial charge in [-0.2, -0.15) is 5.26 Å². The van der Waals surface area contributed by atoms with E-state index < -0.39 is 42.2 Å². The number of benzene rings is 3. The lowest BCUT2D eigenvalue weighted by molar-refractivity contribution is -0.0966. The molecule has 0 fully saturated rings. The smallest absolute Gasteiger partial charge is 0.281 e. The Morgan fingerprint density at radius 3 is 2.38 bits per heavy atom. The molecule has 0 saturated heterocycles. The van der Waals surface area contributed by atoms with Crippen LogP contribution in [-0.2, 0) is 6.42 Å². The van der Waals surface area contributed by atoms with Crippen LogP contribution in [0.3, 0.4) is 0 Å². The van der Waals surface area contributed by atoms with Gasteiger partial charge in [-0.05, 0) is 76.6 Å². The van der Waals surface area contributed by atoms with E-state index in [4.69, 9.17) is 5.73 Å². The average Bonchev–Trinajstić information content (AvgIpc) is 3.03. The van der Waals surface area contributed by atoms with Gasteiger partial charge in [-0.3, -0.25) is 0 Å². The van der Waals surface area contributed by atoms with Crippen molar-refractivity contribution >= 4 is 5.69 Å². The number of hydrogen-bond donors (Lipinski definition) is 2. The van der Waals surface area contributed by atoms with Gasteiger partial charge in [-0.1, -0.05) is 12.1 Å². The van der Waals surface area contributed by atoms with E-state index in [0.29, 0.717) is 11.1 Å². The molecule has 3 atom stereocenters. The zero-order valence-corrected chi connectivity index (χ0v) is 17.8. The largest absolute Gasteiger partial charge is 0.398 e. The predicted octanol–water partition coefficient (Wildman–Crippen LogP) is 6.25. The number of hydrogen-bond acceptors (Lipinski definition) is 3. The fourth-order valence-corrected chi connectivity index (χ4v) is 5.38. The molecule has 2 aliphatic carbocycles. The van der Waals surface area contributed by atoms with Crippen molar-refractivity contribution in [2.45, 2.75) is 43.4 Å². The molecule has 3 aromatic rings. The number of anilines is 1. The van der Waals surface area contributed by atoms with Crippen LogP contribution >= 0.6 is 0 Å². The molecule has 5 rings (SSSR count). The van der Waals surface area contributed by atoms with E-state index in [1.165, 1.54) is 12.1 Å². The van der Waals surface area contributed by atoms with E-state index in [-0.39, 0.29) is 51.9 Å². The SMILES string of the molecule is N#Cc1cc(F)cc2c1[C@@H](c1ccc(-c3ccc(F)cc3N)c3c1CC(F)(F)[C@H]3O)CC[C@@H]2F. The molecule has 0 bridgehead atoms. The number of alkyl halides is 3. The third kappa shape index (κ3) is 3.34. The van der Waals surface area contributed by atoms with Crippen LogP contribution in [0.2, 0.25) is 0 Å². The van der Waals surface area contributed by atoms with E-state index >= 15 is 0 Å². The summed E-state index contributed by atoms with van der Waals surface area (Å²) >= 11 is 0. The van der Waals surface area contributed by atoms with Crippen LogP contribution in [0.4, 0.5) is 27.6 Å². The van der Waals surface area contributed by atoms with Gasteiger partial charge in [0.25, 0.3) is 5.92 Å². The summed E-state index contributed by atoms with van der Waals surface area (Å²) in [7, 11) is 0. The van der Waals surface area contributed by atoms with Gasteiger partial charge in [0.1, 0.15) is 23.9 Å². The number of rotatable bonds is 2. The Balaban J connectivity index is 1.75. The number of halogens is 5. The van der Waals surface area contributed by atoms with Crippen LogP contribution in [0.5, 0.6) is 0 Å². The maximum Gasteiger partial charge on any atom is 0.281 e. The summed E-state index contributed by atoms with van der Waals surface area (Å²) in [5.41, 5.74) is 7.38. The number of nitrogen functional groups attached to an aromatic ring is 1. The molecule has 3 N–H and O–H groups in total. The summed E-state index contributed by atoms with van der Waals surface area (Å²) < 4.78 is 71.9. The van der Waals surface area contributed by atoms with Crippen LogP contribution < -0.4 is 5.73 Å². The average molecular weight is 470 g/mol. The van der Waals surface area contributed by atoms with Crippen LogP contribution in [0.25, 0.3) is 11.1 Å². The quantitative estimate of drug-likeness (QED) is 0.344. The van der Waals surface area contributed by atoms with Gasteiger partial charge in [-0.15, -0.1) is 0 Å². The molecule has 0 spiro atoms. The first-order valence-electron chi connectivity index (χ1n) is 10.8. The van der Waals surface area contributed by atoms with Gasteiger partial charge < -0.3 is 10.8 Å². The Bertz CT molecular complexity index is 1360. The van der Waals surface area contributed by atoms with E-state index in [2.05, 4.69) is 0 Å². The molecule has 174 valence electrons. The highest BCUT2D eigenvalue weighted by Gasteiger charge is 2.50. The molecule has 3 nitrogen and oxygen atoms in total. The lowest BCUT2D eigenvalue weighted by atomic mass is 9.74. The van der Waals surface area contributed by atoms with E-state index in [1.54, 1.807) is 6.07 Å². The second-order valence-corrected chi connectivity index (χ2v) is 8.83. The zero-order chi connectivity index (χ0) is 24.4. The maximum absolute atomic E-state index is 14.8. The van der Waals surface area contributed by atoms with Gasteiger partial charge in [0.05, 0.1) is 11.6 Å². The first-order valence-corrected chi connectivity index (χ1v) is 10.8. The fraction of sp³-hybridized carbons (Fsp3) is 0.269. The second-order valence-electron chi connectivity index (χ2n) is 8.83. The van der Waals surface area contributed by atoms with Gasteiger partial charge in [0, 0.05) is 23.6 Å². The highest BCUT2D eigenvalue weighted by Crippen LogP contribution is 2.53. The van der Waals surface area contributed by atoms with Gasteiger partial charge in [0.2, 0.25) is 0 Å². The van der Waals surface area contributed by atoms with E-state index in [0.717, 1.165) is 24.3 Å². The summed E-state index contributed by atoms with van der Waals surface area (Å²) in [6, 6.07) is 10.7. The van der Waals surface area contributed by atoms with Crippen molar-refractivity contribution in [2.24, 2.45) is 0 Å². The molecule has 0 radical (unpaired) electrons. The van der Waals surface area contributed by atoms with E-state index in [1.807, 2.05) is 6.07 Å². The highest BCUT2D eigenvalue weighted by atomic mass is 19.3. The van der Waals surface area contributed by atoms with Crippen molar-refractivity contribution in [3.63, 3.8) is 0 Å². The maximum atomic E-state index is 14.8. The molecular weight excluding hydrogens is 451 g/mol. The Hall–Kier alpha value is -3.44. The molecule has 0 aromatic heterocycles. The molecule has 0 saturated carbocycles. The monoisotopic (exact) mass is 470 g/mol. The van der Waals surface area contributed by atoms with Crippen LogP contribution in [0, 0.1) is 23.0 Å². The molecule has 0 unspecified atom stereocenters. The summed E-state index contributed by atoms with van der Waals surface area (Å²) in [6.07, 6.45) is -4.11. The normalized spacial score (nSPS) is 22.7. The van der Waals surface area contributed by atoms with Gasteiger partial charge >= 0.3 is 0 Å². The Labute approximate surface area is 192 Å². The number of nitrogens with two attached hydrogens (primary N) is 1. The van der Waals surface area contributed by atoms with Crippen molar-refractivity contribution < 1.29 is 27.1 Å². The fourth-order valence-electron chi connectivity index (χ4n) is 5.38. The molecular formula is C26H19F5N2O. The van der Waals surface area contributed by atoms with E-state index in [9.17, 15) is 32.3 Å². The minimum atomic E-state index is -3.47. The molecule has 0 aliphatic heterocycles. The molecule has 8 heteroatoms. The van der Waals surface area contributed by atoms with Crippen LogP contribution in [-0.4, -0.2) is 11.0 Å². The minimum Gasteiger partial charge on any atom is -0.398 e. The Morgan fingerprint density at radius 1 is 0.941 bits per heavy atom. The first-order chi connectivity index (χ1) is 16.1. The molecule has 0 amide bonds. The molecule has 3 aromatic carbocycles. The second kappa shape index (κ2) is 7.81. The Morgan fingerprint density at radius 2 is 1.68 bits per heavy atom. The Kier molecular flexibility index (Phi) is 5.14.